The molecule has 1 aliphatic rings. The van der Waals surface area contributed by atoms with E-state index in [-0.39, 0.29) is 0 Å². The zero-order chi connectivity index (χ0) is 8.81. The van der Waals surface area contributed by atoms with E-state index in [0.717, 1.165) is 32.0 Å². The largest absolute Gasteiger partial charge is 0.378 e. The molecule has 0 aromatic heterocycles. The Labute approximate surface area is 75.7 Å². The molecule has 0 aromatic rings. The average Bonchev–Trinajstić information content (AvgIpc) is 2.00. The highest BCUT2D eigenvalue weighted by Crippen LogP contribution is 2.10. The normalized spacial score (nSPS) is 20.5. The Kier molecular flexibility index (Phi) is 4.62. The van der Waals surface area contributed by atoms with E-state index in [2.05, 4.69) is 19.2 Å². The van der Waals surface area contributed by atoms with Gasteiger partial charge in [-0.1, -0.05) is 20.3 Å². The molecule has 1 atom stereocenters. The van der Waals surface area contributed by atoms with Crippen LogP contribution in [0.3, 0.4) is 0 Å². The van der Waals surface area contributed by atoms with Crippen LogP contribution < -0.4 is 5.32 Å². The van der Waals surface area contributed by atoms with Gasteiger partial charge in [0.05, 0.1) is 12.7 Å². The first-order valence-corrected chi connectivity index (χ1v) is 5.19. The lowest BCUT2D eigenvalue weighted by atomic mass is 10.1. The second-order valence-corrected chi connectivity index (χ2v) is 3.68. The van der Waals surface area contributed by atoms with Gasteiger partial charge in [0.25, 0.3) is 0 Å². The van der Waals surface area contributed by atoms with Crippen LogP contribution in [0.1, 0.15) is 33.1 Å². The summed E-state index contributed by atoms with van der Waals surface area (Å²) in [4.78, 5) is 0. The maximum atomic E-state index is 5.80. The number of hydrogen-bond donors (Lipinski definition) is 1. The van der Waals surface area contributed by atoms with Crippen LogP contribution in [0.4, 0.5) is 0 Å². The van der Waals surface area contributed by atoms with Crippen molar-refractivity contribution < 1.29 is 4.74 Å². The van der Waals surface area contributed by atoms with Gasteiger partial charge < -0.3 is 10.1 Å². The van der Waals surface area contributed by atoms with Crippen LogP contribution in [-0.2, 0) is 4.74 Å². The summed E-state index contributed by atoms with van der Waals surface area (Å²) in [6.45, 7) is 7.70. The molecule has 1 saturated heterocycles. The third-order valence-electron chi connectivity index (χ3n) is 2.50. The second-order valence-electron chi connectivity index (χ2n) is 3.68. The molecule has 1 N–H and O–H groups in total. The highest BCUT2D eigenvalue weighted by molar-refractivity contribution is 4.74. The van der Waals surface area contributed by atoms with Gasteiger partial charge in [0, 0.05) is 19.0 Å². The van der Waals surface area contributed by atoms with Crippen LogP contribution in [0.2, 0.25) is 0 Å². The van der Waals surface area contributed by atoms with E-state index in [4.69, 9.17) is 4.74 Å². The van der Waals surface area contributed by atoms with Crippen LogP contribution in [0.5, 0.6) is 0 Å². The van der Waals surface area contributed by atoms with Gasteiger partial charge in [0.2, 0.25) is 0 Å². The van der Waals surface area contributed by atoms with E-state index in [1.165, 1.54) is 12.8 Å². The first kappa shape index (κ1) is 10.0. The monoisotopic (exact) mass is 171 g/mol. The first-order chi connectivity index (χ1) is 5.86. The minimum atomic E-state index is 0.510. The van der Waals surface area contributed by atoms with Gasteiger partial charge >= 0.3 is 0 Å². The summed E-state index contributed by atoms with van der Waals surface area (Å²) in [6.07, 6.45) is 4.13. The van der Waals surface area contributed by atoms with Crippen molar-refractivity contribution in [2.75, 3.05) is 19.7 Å². The third kappa shape index (κ3) is 3.11. The van der Waals surface area contributed by atoms with Crippen molar-refractivity contribution in [3.05, 3.63) is 0 Å². The zero-order valence-electron chi connectivity index (χ0n) is 8.31. The smallest absolute Gasteiger partial charge is 0.0572 e. The van der Waals surface area contributed by atoms with Gasteiger partial charge in [-0.2, -0.15) is 0 Å². The minimum absolute atomic E-state index is 0.510. The molecule has 72 valence electrons. The first-order valence-electron chi connectivity index (χ1n) is 5.19. The van der Waals surface area contributed by atoms with Crippen molar-refractivity contribution in [2.45, 2.75) is 39.2 Å². The molecule has 1 fully saturated rings. The molecule has 1 heterocycles. The summed E-state index contributed by atoms with van der Waals surface area (Å²) < 4.78 is 5.80. The fourth-order valence-electron chi connectivity index (χ4n) is 1.47. The maximum absolute atomic E-state index is 5.80. The van der Waals surface area contributed by atoms with E-state index in [0.29, 0.717) is 6.10 Å². The Bertz CT molecular complexity index is 112. The molecule has 0 aromatic carbocycles. The van der Waals surface area contributed by atoms with Gasteiger partial charge in [-0.25, -0.2) is 0 Å². The summed E-state index contributed by atoms with van der Waals surface area (Å²) in [7, 11) is 0. The Hall–Kier alpha value is -0.0800. The van der Waals surface area contributed by atoms with Crippen molar-refractivity contribution >= 4 is 0 Å². The van der Waals surface area contributed by atoms with Crippen LogP contribution in [0, 0.1) is 5.92 Å². The van der Waals surface area contributed by atoms with E-state index in [1.807, 2.05) is 0 Å². The topological polar surface area (TPSA) is 21.3 Å². The summed E-state index contributed by atoms with van der Waals surface area (Å²) in [5.41, 5.74) is 0. The predicted octanol–water partition coefficient (Wildman–Crippen LogP) is 1.80. The lowest BCUT2D eigenvalue weighted by molar-refractivity contribution is 0.0106. The zero-order valence-corrected chi connectivity index (χ0v) is 8.31. The number of ether oxygens (including phenoxy) is 1. The Balaban J connectivity index is 2.01. The predicted molar refractivity (Wildman–Crippen MR) is 51.3 cm³/mol. The summed E-state index contributed by atoms with van der Waals surface area (Å²) >= 11 is 0. The number of nitrogens with one attached hydrogen (secondary N) is 1. The van der Waals surface area contributed by atoms with Gasteiger partial charge in [0.15, 0.2) is 0 Å². The van der Waals surface area contributed by atoms with Crippen LogP contribution in [0.15, 0.2) is 0 Å². The molecule has 1 unspecified atom stereocenters. The molecule has 0 aliphatic carbocycles. The van der Waals surface area contributed by atoms with Gasteiger partial charge in [-0.3, -0.25) is 0 Å². The summed E-state index contributed by atoms with van der Waals surface area (Å²) in [5, 5.41) is 3.25. The summed E-state index contributed by atoms with van der Waals surface area (Å²) in [5.74, 6) is 0.788. The molecule has 1 aliphatic heterocycles. The molecule has 1 rings (SSSR count). The fraction of sp³-hybridized carbons (Fsp3) is 1.00. The van der Waals surface area contributed by atoms with Gasteiger partial charge in [-0.05, 0) is 12.8 Å². The molecule has 2 heteroatoms. The minimum Gasteiger partial charge on any atom is -0.378 e. The van der Waals surface area contributed by atoms with E-state index in [9.17, 15) is 0 Å². The fourth-order valence-corrected chi connectivity index (χ4v) is 1.47. The van der Waals surface area contributed by atoms with Crippen molar-refractivity contribution in [3.8, 4) is 0 Å². The number of rotatable bonds is 6. The SMILES string of the molecule is CCCC(CC)OCC1CNC1. The molecular formula is C10H21NO. The van der Waals surface area contributed by atoms with E-state index >= 15 is 0 Å². The molecule has 0 saturated carbocycles. The average molecular weight is 171 g/mol. The Morgan fingerprint density at radius 1 is 1.42 bits per heavy atom. The third-order valence-corrected chi connectivity index (χ3v) is 2.50. The Morgan fingerprint density at radius 2 is 2.17 bits per heavy atom. The highest BCUT2D eigenvalue weighted by Gasteiger charge is 2.18. The maximum Gasteiger partial charge on any atom is 0.0572 e. The van der Waals surface area contributed by atoms with Crippen LogP contribution in [0.25, 0.3) is 0 Å². The highest BCUT2D eigenvalue weighted by atomic mass is 16.5. The molecule has 0 spiro atoms. The van der Waals surface area contributed by atoms with E-state index in [1.54, 1.807) is 0 Å². The van der Waals surface area contributed by atoms with Gasteiger partial charge in [-0.15, -0.1) is 0 Å². The van der Waals surface area contributed by atoms with Crippen molar-refractivity contribution in [2.24, 2.45) is 5.92 Å². The van der Waals surface area contributed by atoms with Crippen molar-refractivity contribution in [1.29, 1.82) is 0 Å². The van der Waals surface area contributed by atoms with Gasteiger partial charge in [0.1, 0.15) is 0 Å². The lowest BCUT2D eigenvalue weighted by Gasteiger charge is -2.28. The molecular weight excluding hydrogens is 150 g/mol. The second kappa shape index (κ2) is 5.55. The molecule has 2 nitrogen and oxygen atoms in total. The van der Waals surface area contributed by atoms with Crippen LogP contribution in [-0.4, -0.2) is 25.8 Å². The molecule has 0 radical (unpaired) electrons. The summed E-state index contributed by atoms with van der Waals surface area (Å²) in [6, 6.07) is 0. The Morgan fingerprint density at radius 3 is 2.58 bits per heavy atom. The quantitative estimate of drug-likeness (QED) is 0.658. The molecule has 12 heavy (non-hydrogen) atoms. The molecule has 0 bridgehead atoms. The van der Waals surface area contributed by atoms with Crippen LogP contribution >= 0.6 is 0 Å². The van der Waals surface area contributed by atoms with Crippen molar-refractivity contribution in [3.63, 3.8) is 0 Å². The number of hydrogen-bond acceptors (Lipinski definition) is 2. The van der Waals surface area contributed by atoms with E-state index < -0.39 is 0 Å². The van der Waals surface area contributed by atoms with Crippen molar-refractivity contribution in [1.82, 2.24) is 5.32 Å². The lowest BCUT2D eigenvalue weighted by Crippen LogP contribution is -2.45. The molecule has 0 amide bonds. The standard InChI is InChI=1S/C10H21NO/c1-3-5-10(4-2)12-8-9-6-11-7-9/h9-11H,3-8H2,1-2H3.